The molecular weight excluding hydrogens is 369 g/mol. The number of carbonyl (C=O) groups excluding carboxylic acids is 1. The normalized spacial score (nSPS) is 19.4. The van der Waals surface area contributed by atoms with E-state index in [1.807, 2.05) is 19.1 Å². The van der Waals surface area contributed by atoms with E-state index in [2.05, 4.69) is 10.3 Å². The predicted octanol–water partition coefficient (Wildman–Crippen LogP) is 2.50. The van der Waals surface area contributed by atoms with Crippen molar-refractivity contribution in [2.45, 2.75) is 30.7 Å². The standard InChI is InChI=1S/C19H22FN3O3S/c1-14(18-6-2-3-11-21-18)22-19(24)15-5-4-12-23(13-15)27(25,26)17-9-7-16(20)8-10-17/h2-3,6-11,14-15H,4-5,12-13H2,1H3,(H,22,24)/t14-,15+/m0/s1. The lowest BCUT2D eigenvalue weighted by atomic mass is 9.98. The SMILES string of the molecule is C[C@H](NC(=O)[C@@H]1CCCN(S(=O)(=O)c2ccc(F)cc2)C1)c1ccccn1. The second kappa shape index (κ2) is 8.14. The van der Waals surface area contributed by atoms with Gasteiger partial charge in [0.1, 0.15) is 5.82 Å². The smallest absolute Gasteiger partial charge is 0.243 e. The highest BCUT2D eigenvalue weighted by Crippen LogP contribution is 2.24. The van der Waals surface area contributed by atoms with E-state index in [0.717, 1.165) is 17.8 Å². The van der Waals surface area contributed by atoms with Gasteiger partial charge >= 0.3 is 0 Å². The number of piperidine rings is 1. The van der Waals surface area contributed by atoms with Crippen LogP contribution in [0.4, 0.5) is 4.39 Å². The number of rotatable bonds is 5. The Morgan fingerprint density at radius 3 is 2.67 bits per heavy atom. The molecule has 2 heterocycles. The van der Waals surface area contributed by atoms with Crippen LogP contribution in [0.2, 0.25) is 0 Å². The van der Waals surface area contributed by atoms with E-state index in [9.17, 15) is 17.6 Å². The molecule has 144 valence electrons. The molecule has 0 bridgehead atoms. The average Bonchev–Trinajstić information content (AvgIpc) is 2.69. The van der Waals surface area contributed by atoms with Crippen LogP contribution in [0.1, 0.15) is 31.5 Å². The first-order valence-corrected chi connectivity index (χ1v) is 10.3. The van der Waals surface area contributed by atoms with Gasteiger partial charge in [0, 0.05) is 19.3 Å². The molecule has 0 radical (unpaired) electrons. The zero-order chi connectivity index (χ0) is 19.4. The second-order valence-corrected chi connectivity index (χ2v) is 8.58. The zero-order valence-electron chi connectivity index (χ0n) is 15.0. The van der Waals surface area contributed by atoms with Gasteiger partial charge < -0.3 is 5.32 Å². The molecule has 3 rings (SSSR count). The molecule has 0 saturated carbocycles. The van der Waals surface area contributed by atoms with Gasteiger partial charge in [-0.15, -0.1) is 0 Å². The lowest BCUT2D eigenvalue weighted by Crippen LogP contribution is -2.45. The molecule has 1 aromatic carbocycles. The molecule has 2 atom stereocenters. The topological polar surface area (TPSA) is 79.4 Å². The maximum absolute atomic E-state index is 13.1. The summed E-state index contributed by atoms with van der Waals surface area (Å²) in [6.45, 7) is 2.30. The van der Waals surface area contributed by atoms with Crippen LogP contribution >= 0.6 is 0 Å². The summed E-state index contributed by atoms with van der Waals surface area (Å²) in [7, 11) is -3.75. The van der Waals surface area contributed by atoms with Crippen LogP contribution in [0.5, 0.6) is 0 Å². The molecule has 1 amide bonds. The third-order valence-corrected chi connectivity index (χ3v) is 6.58. The van der Waals surface area contributed by atoms with Crippen LogP contribution in [-0.4, -0.2) is 36.7 Å². The van der Waals surface area contributed by atoms with E-state index in [-0.39, 0.29) is 23.4 Å². The first-order chi connectivity index (χ1) is 12.9. The summed E-state index contributed by atoms with van der Waals surface area (Å²) in [4.78, 5) is 16.9. The number of hydrogen-bond donors (Lipinski definition) is 1. The molecule has 0 spiro atoms. The Morgan fingerprint density at radius 2 is 2.00 bits per heavy atom. The minimum atomic E-state index is -3.75. The van der Waals surface area contributed by atoms with Gasteiger partial charge in [0.25, 0.3) is 0 Å². The van der Waals surface area contributed by atoms with E-state index in [1.54, 1.807) is 12.3 Å². The number of pyridine rings is 1. The molecule has 8 heteroatoms. The third-order valence-electron chi connectivity index (χ3n) is 4.70. The number of hydrogen-bond acceptors (Lipinski definition) is 4. The van der Waals surface area contributed by atoms with Gasteiger partial charge in [-0.05, 0) is 56.2 Å². The summed E-state index contributed by atoms with van der Waals surface area (Å²) in [6.07, 6.45) is 2.88. The van der Waals surface area contributed by atoms with E-state index in [4.69, 9.17) is 0 Å². The van der Waals surface area contributed by atoms with Crippen LogP contribution in [0.25, 0.3) is 0 Å². The van der Waals surface area contributed by atoms with Crippen LogP contribution in [0.15, 0.2) is 53.6 Å². The van der Waals surface area contributed by atoms with Crippen molar-refractivity contribution < 1.29 is 17.6 Å². The van der Waals surface area contributed by atoms with Crippen LogP contribution in [-0.2, 0) is 14.8 Å². The monoisotopic (exact) mass is 391 g/mol. The Kier molecular flexibility index (Phi) is 5.86. The van der Waals surface area contributed by atoms with Gasteiger partial charge in [-0.1, -0.05) is 6.07 Å². The largest absolute Gasteiger partial charge is 0.348 e. The summed E-state index contributed by atoms with van der Waals surface area (Å²) in [5, 5.41) is 2.91. The van der Waals surface area contributed by atoms with Crippen molar-refractivity contribution in [3.63, 3.8) is 0 Å². The lowest BCUT2D eigenvalue weighted by molar-refractivity contribution is -0.126. The Labute approximate surface area is 158 Å². The molecule has 1 aliphatic heterocycles. The fourth-order valence-corrected chi connectivity index (χ4v) is 4.69. The van der Waals surface area contributed by atoms with Crippen molar-refractivity contribution in [3.8, 4) is 0 Å². The van der Waals surface area contributed by atoms with E-state index in [1.165, 1.54) is 16.4 Å². The highest BCUT2D eigenvalue weighted by Gasteiger charge is 2.33. The van der Waals surface area contributed by atoms with Gasteiger partial charge in [0.15, 0.2) is 0 Å². The van der Waals surface area contributed by atoms with Gasteiger partial charge in [-0.2, -0.15) is 4.31 Å². The Bertz CT molecular complexity index is 888. The minimum Gasteiger partial charge on any atom is -0.348 e. The summed E-state index contributed by atoms with van der Waals surface area (Å²) >= 11 is 0. The molecule has 1 saturated heterocycles. The molecule has 0 aliphatic carbocycles. The van der Waals surface area contributed by atoms with Crippen molar-refractivity contribution in [1.82, 2.24) is 14.6 Å². The van der Waals surface area contributed by atoms with Crippen molar-refractivity contribution in [1.29, 1.82) is 0 Å². The quantitative estimate of drug-likeness (QED) is 0.849. The number of amides is 1. The fourth-order valence-electron chi connectivity index (χ4n) is 3.17. The molecular formula is C19H22FN3O3S. The lowest BCUT2D eigenvalue weighted by Gasteiger charge is -2.31. The number of benzene rings is 1. The van der Waals surface area contributed by atoms with Gasteiger partial charge in [0.05, 0.1) is 22.5 Å². The van der Waals surface area contributed by atoms with Crippen molar-refractivity contribution in [3.05, 3.63) is 60.2 Å². The van der Waals surface area contributed by atoms with E-state index >= 15 is 0 Å². The van der Waals surface area contributed by atoms with Crippen molar-refractivity contribution >= 4 is 15.9 Å². The number of nitrogens with zero attached hydrogens (tertiary/aromatic N) is 2. The predicted molar refractivity (Wildman–Crippen MR) is 98.7 cm³/mol. The maximum atomic E-state index is 13.1. The summed E-state index contributed by atoms with van der Waals surface area (Å²) in [6, 6.07) is 9.96. The van der Waals surface area contributed by atoms with Crippen molar-refractivity contribution in [2.75, 3.05) is 13.1 Å². The summed E-state index contributed by atoms with van der Waals surface area (Å²) in [5.41, 5.74) is 0.748. The minimum absolute atomic E-state index is 0.0341. The summed E-state index contributed by atoms with van der Waals surface area (Å²) < 4.78 is 39.9. The molecule has 27 heavy (non-hydrogen) atoms. The molecule has 0 unspecified atom stereocenters. The van der Waals surface area contributed by atoms with E-state index < -0.39 is 21.8 Å². The second-order valence-electron chi connectivity index (χ2n) is 6.64. The van der Waals surface area contributed by atoms with Crippen molar-refractivity contribution in [2.24, 2.45) is 5.92 Å². The third kappa shape index (κ3) is 4.51. The average molecular weight is 391 g/mol. The summed E-state index contributed by atoms with van der Waals surface area (Å²) in [5.74, 6) is -1.11. The fraction of sp³-hybridized carbons (Fsp3) is 0.368. The highest BCUT2D eigenvalue weighted by molar-refractivity contribution is 7.89. The Hall–Kier alpha value is -2.32. The van der Waals surface area contributed by atoms with Crippen LogP contribution in [0, 0.1) is 11.7 Å². The Balaban J connectivity index is 1.68. The number of nitrogens with one attached hydrogen (secondary N) is 1. The number of sulfonamides is 1. The van der Waals surface area contributed by atoms with Crippen LogP contribution in [0.3, 0.4) is 0 Å². The number of halogens is 1. The molecule has 6 nitrogen and oxygen atoms in total. The maximum Gasteiger partial charge on any atom is 0.243 e. The first-order valence-electron chi connectivity index (χ1n) is 8.85. The highest BCUT2D eigenvalue weighted by atomic mass is 32.2. The van der Waals surface area contributed by atoms with Gasteiger partial charge in [-0.25, -0.2) is 12.8 Å². The van der Waals surface area contributed by atoms with Crippen LogP contribution < -0.4 is 5.32 Å². The van der Waals surface area contributed by atoms with Gasteiger partial charge in [0.2, 0.25) is 15.9 Å². The zero-order valence-corrected chi connectivity index (χ0v) is 15.8. The molecule has 2 aromatic rings. The first kappa shape index (κ1) is 19.4. The van der Waals surface area contributed by atoms with E-state index in [0.29, 0.717) is 19.4 Å². The number of carbonyl (C=O) groups is 1. The molecule has 1 aromatic heterocycles. The molecule has 1 fully saturated rings. The molecule has 1 N–H and O–H groups in total. The number of aromatic nitrogens is 1. The van der Waals surface area contributed by atoms with Gasteiger partial charge in [-0.3, -0.25) is 9.78 Å². The molecule has 1 aliphatic rings. The Morgan fingerprint density at radius 1 is 1.26 bits per heavy atom.